The Labute approximate surface area is 232 Å². The van der Waals surface area contributed by atoms with Gasteiger partial charge in [-0.3, -0.25) is 9.29 Å². The van der Waals surface area contributed by atoms with Crippen molar-refractivity contribution in [1.29, 1.82) is 0 Å². The van der Waals surface area contributed by atoms with E-state index < -0.39 is 0 Å². The van der Waals surface area contributed by atoms with Crippen molar-refractivity contribution in [2.45, 2.75) is 51.6 Å². The summed E-state index contributed by atoms with van der Waals surface area (Å²) in [5.41, 5.74) is 17.8. The fraction of sp³-hybridized carbons (Fsp3) is 0.412. The number of benzene rings is 3. The third kappa shape index (κ3) is 5.42. The second kappa shape index (κ2) is 11.4. The van der Waals surface area contributed by atoms with Crippen LogP contribution in [-0.2, 0) is 12.8 Å². The van der Waals surface area contributed by atoms with Gasteiger partial charge >= 0.3 is 0 Å². The SMILES string of the molecule is CCN1CCc2cc(C3=C(c4ccc(OC5CCN(CCCF)C5)cc4)c4ccc(N)cc4CCC3)ccc21. The maximum Gasteiger partial charge on any atom is 0.119 e. The highest BCUT2D eigenvalue weighted by Crippen LogP contribution is 2.42. The standard InChI is InChI=1S/C34H40FN3O/c1-2-38-20-15-27-21-26(9-14-33(27)38)31-6-3-5-25-22-28(36)10-13-32(25)34(31)24-7-11-29(12-8-24)39-30-16-19-37(23-30)18-4-17-35/h7-14,21-22,30H,2-6,15-20,23,36H2,1H3. The van der Waals surface area contributed by atoms with Gasteiger partial charge in [-0.1, -0.05) is 24.3 Å². The summed E-state index contributed by atoms with van der Waals surface area (Å²) in [5, 5.41) is 0. The lowest BCUT2D eigenvalue weighted by molar-refractivity contribution is 0.198. The van der Waals surface area contributed by atoms with Crippen LogP contribution in [0.1, 0.15) is 60.4 Å². The van der Waals surface area contributed by atoms with Crippen LogP contribution in [0.2, 0.25) is 0 Å². The Balaban J connectivity index is 1.34. The van der Waals surface area contributed by atoms with Gasteiger partial charge in [-0.05, 0) is 121 Å². The van der Waals surface area contributed by atoms with Gasteiger partial charge in [0.25, 0.3) is 0 Å². The zero-order valence-electron chi connectivity index (χ0n) is 23.1. The van der Waals surface area contributed by atoms with Crippen molar-refractivity contribution >= 4 is 22.5 Å². The second-order valence-electron chi connectivity index (χ2n) is 11.2. The first-order valence-electron chi connectivity index (χ1n) is 14.7. The van der Waals surface area contributed by atoms with Crippen molar-refractivity contribution < 1.29 is 9.13 Å². The lowest BCUT2D eigenvalue weighted by Gasteiger charge is -2.20. The lowest BCUT2D eigenvalue weighted by atomic mass is 9.87. The Morgan fingerprint density at radius 1 is 0.923 bits per heavy atom. The first kappa shape index (κ1) is 25.9. The molecule has 1 unspecified atom stereocenters. The first-order valence-corrected chi connectivity index (χ1v) is 14.7. The summed E-state index contributed by atoms with van der Waals surface area (Å²) in [7, 11) is 0. The highest BCUT2D eigenvalue weighted by molar-refractivity contribution is 6.00. The van der Waals surface area contributed by atoms with Gasteiger partial charge in [0, 0.05) is 44.1 Å². The number of likely N-dealkylation sites (N-methyl/N-ethyl adjacent to an activating group) is 1. The quantitative estimate of drug-likeness (QED) is 0.330. The summed E-state index contributed by atoms with van der Waals surface area (Å²) >= 11 is 0. The van der Waals surface area contributed by atoms with E-state index in [4.69, 9.17) is 10.5 Å². The Morgan fingerprint density at radius 3 is 2.59 bits per heavy atom. The number of nitrogen functional groups attached to an aromatic ring is 1. The normalized spacial score (nSPS) is 19.2. The molecule has 204 valence electrons. The molecule has 1 saturated heterocycles. The van der Waals surface area contributed by atoms with Crippen molar-refractivity contribution in [3.63, 3.8) is 0 Å². The van der Waals surface area contributed by atoms with Gasteiger partial charge < -0.3 is 15.4 Å². The first-order chi connectivity index (χ1) is 19.1. The van der Waals surface area contributed by atoms with Gasteiger partial charge in [-0.2, -0.15) is 0 Å². The number of nitrogens with two attached hydrogens (primary N) is 1. The molecule has 0 aromatic heterocycles. The smallest absolute Gasteiger partial charge is 0.119 e. The van der Waals surface area contributed by atoms with Crippen molar-refractivity contribution in [1.82, 2.24) is 4.90 Å². The molecule has 39 heavy (non-hydrogen) atoms. The molecule has 1 fully saturated rings. The number of hydrogen-bond donors (Lipinski definition) is 1. The Kier molecular flexibility index (Phi) is 7.60. The van der Waals surface area contributed by atoms with Gasteiger partial charge in [0.05, 0.1) is 6.67 Å². The van der Waals surface area contributed by atoms with Crippen LogP contribution in [0.3, 0.4) is 0 Å². The molecule has 2 heterocycles. The monoisotopic (exact) mass is 525 g/mol. The summed E-state index contributed by atoms with van der Waals surface area (Å²) in [4.78, 5) is 4.78. The minimum atomic E-state index is -0.250. The average molecular weight is 526 g/mol. The van der Waals surface area contributed by atoms with Crippen molar-refractivity contribution in [2.24, 2.45) is 0 Å². The Morgan fingerprint density at radius 2 is 1.77 bits per heavy atom. The van der Waals surface area contributed by atoms with E-state index in [0.717, 1.165) is 76.3 Å². The third-order valence-corrected chi connectivity index (χ3v) is 8.66. The summed E-state index contributed by atoms with van der Waals surface area (Å²) < 4.78 is 18.9. The van der Waals surface area contributed by atoms with E-state index in [1.807, 2.05) is 6.07 Å². The van der Waals surface area contributed by atoms with Gasteiger partial charge in [-0.15, -0.1) is 0 Å². The van der Waals surface area contributed by atoms with Crippen LogP contribution in [0.25, 0.3) is 11.1 Å². The van der Waals surface area contributed by atoms with E-state index in [1.54, 1.807) is 0 Å². The number of likely N-dealkylation sites (tertiary alicyclic amines) is 1. The predicted octanol–water partition coefficient (Wildman–Crippen LogP) is 6.76. The van der Waals surface area contributed by atoms with Crippen LogP contribution in [0.15, 0.2) is 60.7 Å². The van der Waals surface area contributed by atoms with Crippen molar-refractivity contribution in [3.05, 3.63) is 88.5 Å². The third-order valence-electron chi connectivity index (χ3n) is 8.66. The lowest BCUT2D eigenvalue weighted by Crippen LogP contribution is -2.26. The molecule has 0 bridgehead atoms. The minimum Gasteiger partial charge on any atom is -0.489 e. The largest absolute Gasteiger partial charge is 0.489 e. The number of anilines is 2. The van der Waals surface area contributed by atoms with E-state index in [-0.39, 0.29) is 12.8 Å². The molecule has 1 atom stereocenters. The van der Waals surface area contributed by atoms with Crippen LogP contribution < -0.4 is 15.4 Å². The number of alkyl halides is 1. The molecule has 3 aliphatic rings. The van der Waals surface area contributed by atoms with Gasteiger partial charge in [0.1, 0.15) is 11.9 Å². The minimum absolute atomic E-state index is 0.168. The Hall–Kier alpha value is -3.31. The van der Waals surface area contributed by atoms with Crippen molar-refractivity contribution in [2.75, 3.05) is 50.0 Å². The van der Waals surface area contributed by atoms with Crippen LogP contribution in [0.5, 0.6) is 5.75 Å². The molecule has 5 heteroatoms. The molecule has 3 aromatic rings. The van der Waals surface area contributed by atoms with E-state index in [9.17, 15) is 4.39 Å². The highest BCUT2D eigenvalue weighted by atomic mass is 19.1. The van der Waals surface area contributed by atoms with Crippen LogP contribution in [0, 0.1) is 0 Å². The number of fused-ring (bicyclic) bond motifs is 2. The number of halogens is 1. The van der Waals surface area contributed by atoms with E-state index in [0.29, 0.717) is 6.42 Å². The maximum absolute atomic E-state index is 12.6. The molecule has 3 aromatic carbocycles. The second-order valence-corrected chi connectivity index (χ2v) is 11.2. The summed E-state index contributed by atoms with van der Waals surface area (Å²) in [6.45, 7) is 6.82. The molecule has 2 N–H and O–H groups in total. The average Bonchev–Trinajstić information content (AvgIpc) is 3.53. The molecule has 0 amide bonds. The molecular formula is C34H40FN3O. The molecular weight excluding hydrogens is 485 g/mol. The van der Waals surface area contributed by atoms with E-state index in [1.165, 1.54) is 44.7 Å². The number of allylic oxidation sites excluding steroid dienone is 1. The topological polar surface area (TPSA) is 41.7 Å². The van der Waals surface area contributed by atoms with Gasteiger partial charge in [0.15, 0.2) is 0 Å². The zero-order chi connectivity index (χ0) is 26.8. The van der Waals surface area contributed by atoms with E-state index in [2.05, 4.69) is 71.3 Å². The fourth-order valence-corrected chi connectivity index (χ4v) is 6.68. The van der Waals surface area contributed by atoms with Crippen LogP contribution >= 0.6 is 0 Å². The van der Waals surface area contributed by atoms with Crippen LogP contribution in [-0.4, -0.2) is 50.4 Å². The number of nitrogens with zero attached hydrogens (tertiary/aromatic N) is 2. The summed E-state index contributed by atoms with van der Waals surface area (Å²) in [6, 6.07) is 22.2. The van der Waals surface area contributed by atoms with Crippen LogP contribution in [0.4, 0.5) is 15.8 Å². The number of ether oxygens (including phenoxy) is 1. The molecule has 0 radical (unpaired) electrons. The van der Waals surface area contributed by atoms with E-state index >= 15 is 0 Å². The number of rotatable bonds is 8. The number of aryl methyl sites for hydroxylation is 1. The number of hydrogen-bond acceptors (Lipinski definition) is 4. The highest BCUT2D eigenvalue weighted by Gasteiger charge is 2.25. The maximum atomic E-state index is 12.6. The molecule has 1 aliphatic carbocycles. The van der Waals surface area contributed by atoms with Gasteiger partial charge in [0.2, 0.25) is 0 Å². The molecule has 6 rings (SSSR count). The van der Waals surface area contributed by atoms with Crippen molar-refractivity contribution in [3.8, 4) is 5.75 Å². The predicted molar refractivity (Wildman–Crippen MR) is 160 cm³/mol. The zero-order valence-corrected chi connectivity index (χ0v) is 23.1. The van der Waals surface area contributed by atoms with Gasteiger partial charge in [-0.25, -0.2) is 0 Å². The molecule has 0 saturated carbocycles. The fourth-order valence-electron chi connectivity index (χ4n) is 6.68. The summed E-state index contributed by atoms with van der Waals surface area (Å²) in [5.74, 6) is 0.904. The summed E-state index contributed by atoms with van der Waals surface area (Å²) in [6.07, 6.45) is 6.05. The molecule has 4 nitrogen and oxygen atoms in total. The molecule has 0 spiro atoms. The molecule has 2 aliphatic heterocycles. The Bertz CT molecular complexity index is 1350.